The van der Waals surface area contributed by atoms with Crippen LogP contribution in [0.2, 0.25) is 0 Å². The Hall–Kier alpha value is -1.59. The van der Waals surface area contributed by atoms with E-state index in [4.69, 9.17) is 23.2 Å². The summed E-state index contributed by atoms with van der Waals surface area (Å²) >= 11 is 10.9. The Labute approximate surface area is 126 Å². The maximum Gasteiger partial charge on any atom is 0.251 e. The number of pyridine rings is 1. The van der Waals surface area contributed by atoms with Gasteiger partial charge in [-0.25, -0.2) is 4.98 Å². The second-order valence-electron chi connectivity index (χ2n) is 4.40. The molecule has 5 nitrogen and oxygen atoms in total. The zero-order chi connectivity index (χ0) is 14.5. The standard InChI is InChI=1S/C13H13Cl2N3O2/c14-10(15)4-6-17-12(19)9-3-5-16-11(7-9)18-13(20)8-1-2-8/h3-5,7-8H,1-2,6H2,(H,17,19)(H,16,18,20). The smallest absolute Gasteiger partial charge is 0.251 e. The zero-order valence-corrected chi connectivity index (χ0v) is 12.0. The fourth-order valence-corrected chi connectivity index (χ4v) is 1.69. The van der Waals surface area contributed by atoms with Crippen LogP contribution in [0, 0.1) is 5.92 Å². The Bertz CT molecular complexity index is 552. The number of aromatic nitrogens is 1. The normalized spacial score (nSPS) is 13.5. The molecule has 0 spiro atoms. The quantitative estimate of drug-likeness (QED) is 0.877. The number of halogens is 2. The highest BCUT2D eigenvalue weighted by molar-refractivity contribution is 6.55. The van der Waals surface area contributed by atoms with Gasteiger partial charge in [-0.3, -0.25) is 9.59 Å². The van der Waals surface area contributed by atoms with Gasteiger partial charge in [-0.1, -0.05) is 23.2 Å². The first kappa shape index (κ1) is 14.8. The Morgan fingerprint density at radius 1 is 1.40 bits per heavy atom. The van der Waals surface area contributed by atoms with E-state index in [0.29, 0.717) is 11.4 Å². The van der Waals surface area contributed by atoms with Crippen molar-refractivity contribution in [3.8, 4) is 0 Å². The van der Waals surface area contributed by atoms with Crippen molar-refractivity contribution in [2.45, 2.75) is 12.8 Å². The average molecular weight is 314 g/mol. The van der Waals surface area contributed by atoms with Gasteiger partial charge in [0.15, 0.2) is 0 Å². The van der Waals surface area contributed by atoms with Crippen molar-refractivity contribution in [2.75, 3.05) is 11.9 Å². The summed E-state index contributed by atoms with van der Waals surface area (Å²) in [6.45, 7) is 0.229. The SMILES string of the molecule is O=C(NCC=C(Cl)Cl)c1ccnc(NC(=O)C2CC2)c1. The molecule has 0 aliphatic heterocycles. The highest BCUT2D eigenvalue weighted by Crippen LogP contribution is 2.29. The monoisotopic (exact) mass is 313 g/mol. The zero-order valence-electron chi connectivity index (χ0n) is 10.5. The van der Waals surface area contributed by atoms with Gasteiger partial charge >= 0.3 is 0 Å². The van der Waals surface area contributed by atoms with E-state index < -0.39 is 0 Å². The lowest BCUT2D eigenvalue weighted by atomic mass is 10.2. The number of amides is 2. The molecule has 1 aliphatic carbocycles. The molecule has 1 aromatic heterocycles. The minimum absolute atomic E-state index is 0.0492. The van der Waals surface area contributed by atoms with Gasteiger partial charge in [-0.2, -0.15) is 0 Å². The third kappa shape index (κ3) is 4.51. The molecule has 2 rings (SSSR count). The van der Waals surface area contributed by atoms with Gasteiger partial charge in [0.1, 0.15) is 10.3 Å². The van der Waals surface area contributed by atoms with Crippen LogP contribution in [0.3, 0.4) is 0 Å². The molecular formula is C13H13Cl2N3O2. The van der Waals surface area contributed by atoms with E-state index in [1.54, 1.807) is 6.07 Å². The molecule has 1 aliphatic rings. The molecule has 0 unspecified atom stereocenters. The van der Waals surface area contributed by atoms with Gasteiger partial charge in [-0.05, 0) is 31.1 Å². The molecule has 0 atom stereocenters. The maximum absolute atomic E-state index is 11.8. The first-order valence-corrected chi connectivity index (χ1v) is 6.88. The molecule has 106 valence electrons. The molecule has 1 saturated carbocycles. The summed E-state index contributed by atoms with van der Waals surface area (Å²) in [7, 11) is 0. The van der Waals surface area contributed by atoms with Crippen molar-refractivity contribution in [3.05, 3.63) is 34.5 Å². The average Bonchev–Trinajstić information content (AvgIpc) is 3.22. The lowest BCUT2D eigenvalue weighted by molar-refractivity contribution is -0.117. The van der Waals surface area contributed by atoms with Crippen LogP contribution >= 0.6 is 23.2 Å². The van der Waals surface area contributed by atoms with Crippen molar-refractivity contribution in [1.82, 2.24) is 10.3 Å². The predicted octanol–water partition coefficient (Wildman–Crippen LogP) is 2.48. The fourth-order valence-electron chi connectivity index (χ4n) is 1.54. The summed E-state index contributed by atoms with van der Waals surface area (Å²) in [5, 5.41) is 5.31. The molecule has 1 fully saturated rings. The van der Waals surface area contributed by atoms with Crippen molar-refractivity contribution in [2.24, 2.45) is 5.92 Å². The maximum atomic E-state index is 11.8. The van der Waals surface area contributed by atoms with Gasteiger partial charge in [0.05, 0.1) is 0 Å². The topological polar surface area (TPSA) is 71.1 Å². The lowest BCUT2D eigenvalue weighted by Crippen LogP contribution is -2.24. The summed E-state index contributed by atoms with van der Waals surface area (Å²) in [6, 6.07) is 3.09. The first-order valence-electron chi connectivity index (χ1n) is 6.12. The molecule has 20 heavy (non-hydrogen) atoms. The van der Waals surface area contributed by atoms with Crippen LogP contribution in [-0.4, -0.2) is 23.3 Å². The summed E-state index contributed by atoms with van der Waals surface area (Å²) in [5.74, 6) is 0.123. The van der Waals surface area contributed by atoms with E-state index in [1.165, 1.54) is 18.3 Å². The van der Waals surface area contributed by atoms with Crippen molar-refractivity contribution >= 4 is 40.8 Å². The van der Waals surface area contributed by atoms with Crippen molar-refractivity contribution in [3.63, 3.8) is 0 Å². The highest BCUT2D eigenvalue weighted by atomic mass is 35.5. The summed E-state index contributed by atoms with van der Waals surface area (Å²) in [5.41, 5.74) is 0.408. The van der Waals surface area contributed by atoms with Gasteiger partial charge in [0.25, 0.3) is 5.91 Å². The Morgan fingerprint density at radius 2 is 2.15 bits per heavy atom. The number of carbonyl (C=O) groups is 2. The number of nitrogens with one attached hydrogen (secondary N) is 2. The number of hydrogen-bond acceptors (Lipinski definition) is 3. The molecule has 0 radical (unpaired) electrons. The Kier molecular flexibility index (Phi) is 4.98. The largest absolute Gasteiger partial charge is 0.348 e. The molecule has 2 N–H and O–H groups in total. The molecule has 0 saturated heterocycles. The van der Waals surface area contributed by atoms with Crippen LogP contribution in [0.25, 0.3) is 0 Å². The van der Waals surface area contributed by atoms with Gasteiger partial charge in [0.2, 0.25) is 5.91 Å². The van der Waals surface area contributed by atoms with Crippen LogP contribution in [0.4, 0.5) is 5.82 Å². The summed E-state index contributed by atoms with van der Waals surface area (Å²) < 4.78 is 0.0948. The van der Waals surface area contributed by atoms with E-state index >= 15 is 0 Å². The van der Waals surface area contributed by atoms with E-state index in [-0.39, 0.29) is 28.8 Å². The minimum atomic E-state index is -0.292. The van der Waals surface area contributed by atoms with Gasteiger partial charge < -0.3 is 10.6 Å². The van der Waals surface area contributed by atoms with Crippen LogP contribution in [-0.2, 0) is 4.79 Å². The molecular weight excluding hydrogens is 301 g/mol. The van der Waals surface area contributed by atoms with Crippen LogP contribution < -0.4 is 10.6 Å². The fraction of sp³-hybridized carbons (Fsp3) is 0.308. The lowest BCUT2D eigenvalue weighted by Gasteiger charge is -2.06. The number of anilines is 1. The first-order chi connectivity index (χ1) is 9.56. The number of hydrogen-bond donors (Lipinski definition) is 2. The van der Waals surface area contributed by atoms with Gasteiger partial charge in [-0.15, -0.1) is 0 Å². The Balaban J connectivity index is 1.95. The molecule has 7 heteroatoms. The summed E-state index contributed by atoms with van der Waals surface area (Å²) in [6.07, 6.45) is 4.77. The third-order valence-electron chi connectivity index (χ3n) is 2.74. The number of nitrogens with zero attached hydrogens (tertiary/aromatic N) is 1. The third-order valence-corrected chi connectivity index (χ3v) is 3.05. The molecule has 1 heterocycles. The van der Waals surface area contributed by atoms with Crippen molar-refractivity contribution < 1.29 is 9.59 Å². The van der Waals surface area contributed by atoms with Crippen molar-refractivity contribution in [1.29, 1.82) is 0 Å². The second kappa shape index (κ2) is 6.72. The Morgan fingerprint density at radius 3 is 2.80 bits per heavy atom. The van der Waals surface area contributed by atoms with Crippen LogP contribution in [0.15, 0.2) is 28.9 Å². The van der Waals surface area contributed by atoms with E-state index in [1.807, 2.05) is 0 Å². The minimum Gasteiger partial charge on any atom is -0.348 e. The van der Waals surface area contributed by atoms with E-state index in [0.717, 1.165) is 12.8 Å². The highest BCUT2D eigenvalue weighted by Gasteiger charge is 2.29. The molecule has 0 bridgehead atoms. The second-order valence-corrected chi connectivity index (χ2v) is 5.40. The van der Waals surface area contributed by atoms with Crippen LogP contribution in [0.5, 0.6) is 0 Å². The van der Waals surface area contributed by atoms with E-state index in [2.05, 4.69) is 15.6 Å². The van der Waals surface area contributed by atoms with E-state index in [9.17, 15) is 9.59 Å². The predicted molar refractivity (Wildman–Crippen MR) is 77.7 cm³/mol. The van der Waals surface area contributed by atoms with Gasteiger partial charge in [0, 0.05) is 24.2 Å². The molecule has 2 amide bonds. The number of rotatable bonds is 5. The molecule has 1 aromatic rings. The van der Waals surface area contributed by atoms with Crippen LogP contribution in [0.1, 0.15) is 23.2 Å². The summed E-state index contributed by atoms with van der Waals surface area (Å²) in [4.78, 5) is 27.5. The number of carbonyl (C=O) groups excluding carboxylic acids is 2. The molecule has 0 aromatic carbocycles.